The van der Waals surface area contributed by atoms with Gasteiger partial charge in [0.1, 0.15) is 5.69 Å². The number of aliphatic carboxylic acids is 1. The van der Waals surface area contributed by atoms with Crippen molar-refractivity contribution in [3.05, 3.63) is 32.3 Å². The topological polar surface area (TPSA) is 83.7 Å². The van der Waals surface area contributed by atoms with E-state index < -0.39 is 10.9 Å². The first kappa shape index (κ1) is 15.9. The Hall–Kier alpha value is -1.53. The summed E-state index contributed by atoms with van der Waals surface area (Å²) < 4.78 is 0. The molecule has 0 aromatic heterocycles. The fourth-order valence-corrected chi connectivity index (χ4v) is 2.86. The number of rotatable bonds is 5. The average Bonchev–Trinajstić information content (AvgIpc) is 2.87. The number of hydrogen-bond donors (Lipinski definition) is 1. The highest BCUT2D eigenvalue weighted by atomic mass is 35.5. The number of carboxylic acids is 1. The number of nitrogens with zero attached hydrogens (tertiary/aromatic N) is 2. The summed E-state index contributed by atoms with van der Waals surface area (Å²) >= 11 is 11.8. The molecular weight excluding hydrogens is 319 g/mol. The minimum Gasteiger partial charge on any atom is -0.481 e. The lowest BCUT2D eigenvalue weighted by Gasteiger charge is -2.19. The van der Waals surface area contributed by atoms with Gasteiger partial charge in [0, 0.05) is 25.6 Å². The molecule has 8 heteroatoms. The molecule has 0 aliphatic carbocycles. The molecule has 0 spiro atoms. The van der Waals surface area contributed by atoms with Gasteiger partial charge in [0.25, 0.3) is 5.69 Å². The van der Waals surface area contributed by atoms with Crippen LogP contribution < -0.4 is 4.90 Å². The minimum atomic E-state index is -0.825. The van der Waals surface area contributed by atoms with Crippen molar-refractivity contribution in [2.45, 2.75) is 19.3 Å². The van der Waals surface area contributed by atoms with Crippen LogP contribution in [0.2, 0.25) is 10.0 Å². The highest BCUT2D eigenvalue weighted by Crippen LogP contribution is 2.38. The molecule has 1 saturated heterocycles. The molecule has 1 aliphatic heterocycles. The zero-order valence-corrected chi connectivity index (χ0v) is 12.6. The summed E-state index contributed by atoms with van der Waals surface area (Å²) in [5.74, 6) is -0.607. The van der Waals surface area contributed by atoms with E-state index in [-0.39, 0.29) is 28.1 Å². The standard InChI is InChI=1S/C13H14Cl2N2O4/c14-9-5-11(12(17(20)21)6-10(9)15)16-4-3-8(7-16)1-2-13(18)19/h5-6,8H,1-4,7H2,(H,18,19). The first-order valence-corrected chi connectivity index (χ1v) is 7.24. The molecule has 0 radical (unpaired) electrons. The Morgan fingerprint density at radius 2 is 2.10 bits per heavy atom. The van der Waals surface area contributed by atoms with Gasteiger partial charge in [0.2, 0.25) is 0 Å². The van der Waals surface area contributed by atoms with Crippen molar-refractivity contribution in [3.8, 4) is 0 Å². The molecule has 1 heterocycles. The summed E-state index contributed by atoms with van der Waals surface area (Å²) in [6.45, 7) is 1.23. The SMILES string of the molecule is O=C(O)CCC1CCN(c2cc(Cl)c(Cl)cc2[N+](=O)[O-])C1. The maximum Gasteiger partial charge on any atom is 0.303 e. The molecule has 114 valence electrons. The van der Waals surface area contributed by atoms with E-state index in [1.54, 1.807) is 0 Å². The van der Waals surface area contributed by atoms with Crippen molar-refractivity contribution >= 4 is 40.5 Å². The molecule has 1 aromatic rings. The van der Waals surface area contributed by atoms with Crippen molar-refractivity contribution in [1.29, 1.82) is 0 Å². The Balaban J connectivity index is 2.17. The van der Waals surface area contributed by atoms with Gasteiger partial charge in [-0.15, -0.1) is 0 Å². The Bertz CT molecular complexity index is 580. The molecule has 1 atom stereocenters. The highest BCUT2D eigenvalue weighted by molar-refractivity contribution is 6.42. The van der Waals surface area contributed by atoms with Gasteiger partial charge in [0.15, 0.2) is 0 Å². The summed E-state index contributed by atoms with van der Waals surface area (Å²) in [7, 11) is 0. The van der Waals surface area contributed by atoms with Gasteiger partial charge in [-0.2, -0.15) is 0 Å². The van der Waals surface area contributed by atoms with Crippen LogP contribution in [0.15, 0.2) is 12.1 Å². The second-order valence-electron chi connectivity index (χ2n) is 5.05. The molecular formula is C13H14Cl2N2O4. The molecule has 1 N–H and O–H groups in total. The number of carbonyl (C=O) groups is 1. The van der Waals surface area contributed by atoms with E-state index in [0.717, 1.165) is 6.42 Å². The lowest BCUT2D eigenvalue weighted by molar-refractivity contribution is -0.384. The Labute approximate surface area is 131 Å². The lowest BCUT2D eigenvalue weighted by atomic mass is 10.0. The molecule has 1 aromatic carbocycles. The van der Waals surface area contributed by atoms with Crippen molar-refractivity contribution < 1.29 is 14.8 Å². The summed E-state index contributed by atoms with van der Waals surface area (Å²) in [5.41, 5.74) is 0.357. The molecule has 0 amide bonds. The molecule has 1 fully saturated rings. The van der Waals surface area contributed by atoms with Crippen LogP contribution in [0.1, 0.15) is 19.3 Å². The van der Waals surface area contributed by atoms with Gasteiger partial charge >= 0.3 is 5.97 Å². The van der Waals surface area contributed by atoms with Gasteiger partial charge in [-0.05, 0) is 24.8 Å². The van der Waals surface area contributed by atoms with Crippen LogP contribution in [0.3, 0.4) is 0 Å². The summed E-state index contributed by atoms with van der Waals surface area (Å²) in [5, 5.41) is 20.3. The van der Waals surface area contributed by atoms with Crippen LogP contribution in [0.25, 0.3) is 0 Å². The molecule has 6 nitrogen and oxygen atoms in total. The summed E-state index contributed by atoms with van der Waals surface area (Å²) in [4.78, 5) is 23.1. The van der Waals surface area contributed by atoms with Crippen molar-refractivity contribution in [1.82, 2.24) is 0 Å². The third-order valence-corrected chi connectivity index (χ3v) is 4.33. The molecule has 0 bridgehead atoms. The highest BCUT2D eigenvalue weighted by Gasteiger charge is 2.28. The third kappa shape index (κ3) is 3.77. The minimum absolute atomic E-state index is 0.0803. The van der Waals surface area contributed by atoms with Crippen molar-refractivity contribution in [3.63, 3.8) is 0 Å². The normalized spacial score (nSPS) is 18.0. The van der Waals surface area contributed by atoms with E-state index in [0.29, 0.717) is 25.2 Å². The second-order valence-corrected chi connectivity index (χ2v) is 5.86. The van der Waals surface area contributed by atoms with Gasteiger partial charge in [-0.3, -0.25) is 14.9 Å². The number of nitro benzene ring substituents is 1. The fourth-order valence-electron chi connectivity index (χ4n) is 2.54. The second kappa shape index (κ2) is 6.49. The first-order chi connectivity index (χ1) is 9.88. The van der Waals surface area contributed by atoms with Crippen molar-refractivity contribution in [2.24, 2.45) is 5.92 Å². The smallest absolute Gasteiger partial charge is 0.303 e. The number of halogens is 2. The number of benzene rings is 1. The summed E-state index contributed by atoms with van der Waals surface area (Å²) in [6, 6.07) is 2.76. The van der Waals surface area contributed by atoms with Crippen LogP contribution in [-0.4, -0.2) is 29.1 Å². The molecule has 0 saturated carbocycles. The fraction of sp³-hybridized carbons (Fsp3) is 0.462. The van der Waals surface area contributed by atoms with Gasteiger partial charge < -0.3 is 10.0 Å². The van der Waals surface area contributed by atoms with E-state index in [2.05, 4.69) is 0 Å². The number of carboxylic acid groups (broad SMARTS) is 1. The van der Waals surface area contributed by atoms with Crippen LogP contribution in [0.4, 0.5) is 11.4 Å². The van der Waals surface area contributed by atoms with E-state index in [9.17, 15) is 14.9 Å². The molecule has 1 unspecified atom stereocenters. The maximum absolute atomic E-state index is 11.1. The van der Waals surface area contributed by atoms with Crippen LogP contribution >= 0.6 is 23.2 Å². The third-order valence-electron chi connectivity index (χ3n) is 3.61. The average molecular weight is 333 g/mol. The number of anilines is 1. The van der Waals surface area contributed by atoms with Crippen LogP contribution in [0.5, 0.6) is 0 Å². The molecule has 1 aliphatic rings. The Morgan fingerprint density at radius 1 is 1.43 bits per heavy atom. The summed E-state index contributed by atoms with van der Waals surface area (Å²) in [6.07, 6.45) is 1.49. The van der Waals surface area contributed by atoms with Crippen molar-refractivity contribution in [2.75, 3.05) is 18.0 Å². The quantitative estimate of drug-likeness (QED) is 0.657. The monoisotopic (exact) mass is 332 g/mol. The van der Waals surface area contributed by atoms with Crippen LogP contribution in [-0.2, 0) is 4.79 Å². The van der Waals surface area contributed by atoms with Crippen LogP contribution in [0, 0.1) is 16.0 Å². The zero-order chi connectivity index (χ0) is 15.6. The Morgan fingerprint density at radius 3 is 2.71 bits per heavy atom. The molecule has 21 heavy (non-hydrogen) atoms. The van der Waals surface area contributed by atoms with E-state index in [1.807, 2.05) is 4.90 Å². The Kier molecular flexibility index (Phi) is 4.90. The zero-order valence-electron chi connectivity index (χ0n) is 11.1. The number of hydrogen-bond acceptors (Lipinski definition) is 4. The van der Waals surface area contributed by atoms with Gasteiger partial charge in [-0.25, -0.2) is 0 Å². The molecule has 2 rings (SSSR count). The predicted octanol–water partition coefficient (Wildman–Crippen LogP) is 3.59. The van der Waals surface area contributed by atoms with E-state index in [4.69, 9.17) is 28.3 Å². The largest absolute Gasteiger partial charge is 0.481 e. The maximum atomic E-state index is 11.1. The van der Waals surface area contributed by atoms with E-state index >= 15 is 0 Å². The van der Waals surface area contributed by atoms with E-state index in [1.165, 1.54) is 12.1 Å². The predicted molar refractivity (Wildman–Crippen MR) is 80.3 cm³/mol. The number of nitro groups is 1. The lowest BCUT2D eigenvalue weighted by Crippen LogP contribution is -2.21. The van der Waals surface area contributed by atoms with Gasteiger partial charge in [0.05, 0.1) is 15.0 Å². The first-order valence-electron chi connectivity index (χ1n) is 6.48. The van der Waals surface area contributed by atoms with Gasteiger partial charge in [-0.1, -0.05) is 23.2 Å².